The molecule has 7 heteroatoms. The van der Waals surface area contributed by atoms with Gasteiger partial charge >= 0.3 is 0 Å². The molecule has 0 aliphatic heterocycles. The average Bonchev–Trinajstić information content (AvgIpc) is 3.45. The summed E-state index contributed by atoms with van der Waals surface area (Å²) in [5, 5.41) is 6.87. The summed E-state index contributed by atoms with van der Waals surface area (Å²) in [4.78, 5) is 16.7. The van der Waals surface area contributed by atoms with E-state index in [2.05, 4.69) is 15.5 Å². The number of aromatic nitrogens is 2. The van der Waals surface area contributed by atoms with Gasteiger partial charge in [-0.1, -0.05) is 17.3 Å². The first-order valence-corrected chi connectivity index (χ1v) is 8.83. The van der Waals surface area contributed by atoms with Crippen LogP contribution >= 0.6 is 0 Å². The van der Waals surface area contributed by atoms with Crippen LogP contribution in [0.5, 0.6) is 5.75 Å². The van der Waals surface area contributed by atoms with Crippen molar-refractivity contribution in [2.24, 2.45) is 0 Å². The van der Waals surface area contributed by atoms with Crippen molar-refractivity contribution in [1.29, 1.82) is 0 Å². The van der Waals surface area contributed by atoms with E-state index in [1.807, 2.05) is 36.4 Å². The van der Waals surface area contributed by atoms with Crippen molar-refractivity contribution in [3.63, 3.8) is 0 Å². The fourth-order valence-corrected chi connectivity index (χ4v) is 2.69. The van der Waals surface area contributed by atoms with Gasteiger partial charge in [0.05, 0.1) is 24.6 Å². The second-order valence-corrected chi connectivity index (χ2v) is 6.04. The van der Waals surface area contributed by atoms with E-state index >= 15 is 0 Å². The van der Waals surface area contributed by atoms with Crippen LogP contribution in [0.4, 0.5) is 5.69 Å². The Bertz CT molecular complexity index is 1130. The molecule has 0 aliphatic carbocycles. The summed E-state index contributed by atoms with van der Waals surface area (Å²) in [6, 6.07) is 18.1. The van der Waals surface area contributed by atoms with Crippen LogP contribution in [-0.4, -0.2) is 23.2 Å². The summed E-state index contributed by atoms with van der Waals surface area (Å²) in [5.74, 6) is 1.79. The highest BCUT2D eigenvalue weighted by molar-refractivity contribution is 6.03. The SMILES string of the molecule is COc1ccc(-c2noc(-c3ccccc3NC(=O)/C=C/c3ccco3)n2)cc1. The molecule has 7 nitrogen and oxygen atoms in total. The van der Waals surface area contributed by atoms with Crippen LogP contribution in [0.3, 0.4) is 0 Å². The fourth-order valence-electron chi connectivity index (χ4n) is 2.69. The maximum Gasteiger partial charge on any atom is 0.260 e. The Morgan fingerprint density at radius 3 is 2.66 bits per heavy atom. The number of carbonyl (C=O) groups excluding carboxylic acids is 1. The first-order valence-electron chi connectivity index (χ1n) is 8.83. The molecule has 2 aromatic carbocycles. The van der Waals surface area contributed by atoms with Crippen molar-refractivity contribution < 1.29 is 18.5 Å². The van der Waals surface area contributed by atoms with Crippen molar-refractivity contribution >= 4 is 17.7 Å². The molecule has 4 rings (SSSR count). The van der Waals surface area contributed by atoms with Gasteiger partial charge in [-0.25, -0.2) is 0 Å². The van der Waals surface area contributed by atoms with Gasteiger partial charge in [-0.3, -0.25) is 4.79 Å². The zero-order valence-corrected chi connectivity index (χ0v) is 15.5. The highest BCUT2D eigenvalue weighted by Crippen LogP contribution is 2.29. The maximum absolute atomic E-state index is 12.3. The highest BCUT2D eigenvalue weighted by atomic mass is 16.5. The lowest BCUT2D eigenvalue weighted by molar-refractivity contribution is -0.111. The second kappa shape index (κ2) is 8.26. The number of methoxy groups -OCH3 is 1. The molecular weight excluding hydrogens is 370 g/mol. The highest BCUT2D eigenvalue weighted by Gasteiger charge is 2.15. The number of anilines is 1. The van der Waals surface area contributed by atoms with E-state index in [-0.39, 0.29) is 5.91 Å². The summed E-state index contributed by atoms with van der Waals surface area (Å²) in [6.45, 7) is 0. The third-order valence-corrected chi connectivity index (χ3v) is 4.13. The normalized spacial score (nSPS) is 10.9. The molecule has 0 atom stereocenters. The van der Waals surface area contributed by atoms with Gasteiger partial charge in [-0.15, -0.1) is 0 Å². The fraction of sp³-hybridized carbons (Fsp3) is 0.0455. The Hall–Kier alpha value is -4.13. The van der Waals surface area contributed by atoms with Crippen LogP contribution in [0.25, 0.3) is 28.9 Å². The summed E-state index contributed by atoms with van der Waals surface area (Å²) in [7, 11) is 1.61. The third-order valence-electron chi connectivity index (χ3n) is 4.13. The molecule has 2 aromatic heterocycles. The van der Waals surface area contributed by atoms with E-state index in [4.69, 9.17) is 13.7 Å². The van der Waals surface area contributed by atoms with Crippen LogP contribution in [0, 0.1) is 0 Å². The molecule has 0 saturated carbocycles. The molecular formula is C22H17N3O4. The minimum absolute atomic E-state index is 0.302. The number of rotatable bonds is 6. The molecule has 0 saturated heterocycles. The first kappa shape index (κ1) is 18.2. The Balaban J connectivity index is 1.55. The van der Waals surface area contributed by atoms with Crippen molar-refractivity contribution in [3.05, 3.63) is 78.8 Å². The van der Waals surface area contributed by atoms with Gasteiger partial charge in [0.1, 0.15) is 11.5 Å². The number of hydrogen-bond acceptors (Lipinski definition) is 6. The van der Waals surface area contributed by atoms with E-state index < -0.39 is 0 Å². The molecule has 0 bridgehead atoms. The number of benzene rings is 2. The topological polar surface area (TPSA) is 90.4 Å². The lowest BCUT2D eigenvalue weighted by Crippen LogP contribution is -2.08. The lowest BCUT2D eigenvalue weighted by atomic mass is 10.1. The minimum Gasteiger partial charge on any atom is -0.497 e. The number of furan rings is 1. The molecule has 29 heavy (non-hydrogen) atoms. The van der Waals surface area contributed by atoms with Gasteiger partial charge in [0.15, 0.2) is 0 Å². The molecule has 1 N–H and O–H groups in total. The van der Waals surface area contributed by atoms with Gasteiger partial charge in [0.2, 0.25) is 11.7 Å². The van der Waals surface area contributed by atoms with Crippen LogP contribution in [-0.2, 0) is 4.79 Å². The van der Waals surface area contributed by atoms with Crippen LogP contribution in [0.15, 0.2) is 81.9 Å². The van der Waals surface area contributed by atoms with Crippen molar-refractivity contribution in [3.8, 4) is 28.6 Å². The van der Waals surface area contributed by atoms with E-state index in [0.717, 1.165) is 11.3 Å². The molecule has 0 radical (unpaired) electrons. The molecule has 144 valence electrons. The Labute approximate surface area is 166 Å². The van der Waals surface area contributed by atoms with Crippen LogP contribution in [0.2, 0.25) is 0 Å². The number of hydrogen-bond donors (Lipinski definition) is 1. The van der Waals surface area contributed by atoms with Crippen LogP contribution in [0.1, 0.15) is 5.76 Å². The minimum atomic E-state index is -0.302. The Morgan fingerprint density at radius 1 is 1.07 bits per heavy atom. The summed E-state index contributed by atoms with van der Waals surface area (Å²) < 4.78 is 15.8. The number of para-hydroxylation sites is 1. The van der Waals surface area contributed by atoms with Crippen LogP contribution < -0.4 is 10.1 Å². The van der Waals surface area contributed by atoms with E-state index in [1.54, 1.807) is 43.7 Å². The molecule has 2 heterocycles. The van der Waals surface area contributed by atoms with E-state index in [0.29, 0.717) is 28.7 Å². The van der Waals surface area contributed by atoms with Crippen molar-refractivity contribution in [1.82, 2.24) is 10.1 Å². The first-order chi connectivity index (χ1) is 14.2. The number of nitrogens with one attached hydrogen (secondary N) is 1. The van der Waals surface area contributed by atoms with Crippen molar-refractivity contribution in [2.45, 2.75) is 0 Å². The number of nitrogens with zero attached hydrogens (tertiary/aromatic N) is 2. The van der Waals surface area contributed by atoms with Gasteiger partial charge in [-0.05, 0) is 54.6 Å². The lowest BCUT2D eigenvalue weighted by Gasteiger charge is -2.06. The summed E-state index contributed by atoms with van der Waals surface area (Å²) >= 11 is 0. The molecule has 0 fully saturated rings. The summed E-state index contributed by atoms with van der Waals surface area (Å²) in [6.07, 6.45) is 4.53. The Morgan fingerprint density at radius 2 is 1.90 bits per heavy atom. The smallest absolute Gasteiger partial charge is 0.260 e. The molecule has 1 amide bonds. The second-order valence-electron chi connectivity index (χ2n) is 6.04. The number of ether oxygens (including phenoxy) is 1. The van der Waals surface area contributed by atoms with Gasteiger partial charge in [0.25, 0.3) is 5.89 Å². The number of amides is 1. The van der Waals surface area contributed by atoms with E-state index in [1.165, 1.54) is 6.08 Å². The third kappa shape index (κ3) is 4.24. The van der Waals surface area contributed by atoms with Crippen molar-refractivity contribution in [2.75, 3.05) is 12.4 Å². The quantitative estimate of drug-likeness (QED) is 0.484. The molecule has 0 spiro atoms. The zero-order valence-electron chi connectivity index (χ0n) is 15.5. The predicted molar refractivity (Wildman–Crippen MR) is 108 cm³/mol. The number of carbonyl (C=O) groups is 1. The van der Waals surface area contributed by atoms with E-state index in [9.17, 15) is 4.79 Å². The molecule has 0 aliphatic rings. The van der Waals surface area contributed by atoms with Gasteiger partial charge in [-0.2, -0.15) is 4.98 Å². The molecule has 0 unspecified atom stereocenters. The Kier molecular flexibility index (Phi) is 5.20. The average molecular weight is 387 g/mol. The standard InChI is InChI=1S/C22H17N3O4/c1-27-16-10-8-15(9-11-16)21-24-22(29-25-21)18-6-2-3-7-19(18)23-20(26)13-12-17-5-4-14-28-17/h2-14H,1H3,(H,23,26)/b13-12+. The maximum atomic E-state index is 12.3. The predicted octanol–water partition coefficient (Wildman–Crippen LogP) is 4.66. The van der Waals surface area contributed by atoms with Gasteiger partial charge in [0, 0.05) is 11.6 Å². The monoisotopic (exact) mass is 387 g/mol. The zero-order chi connectivity index (χ0) is 20.1. The van der Waals surface area contributed by atoms with Gasteiger partial charge < -0.3 is 19.0 Å². The molecule has 4 aromatic rings. The summed E-state index contributed by atoms with van der Waals surface area (Å²) in [5.41, 5.74) is 1.98. The largest absolute Gasteiger partial charge is 0.497 e.